The number of anilines is 1. The molecular weight excluding hydrogens is 360 g/mol. The zero-order valence-electron chi connectivity index (χ0n) is 11.9. The van der Waals surface area contributed by atoms with Crippen LogP contribution in [0.5, 0.6) is 11.5 Å². The van der Waals surface area contributed by atoms with E-state index in [1.807, 2.05) is 0 Å². The Balaban J connectivity index is 2.41. The number of nitrogens with zero attached hydrogens (tertiary/aromatic N) is 1. The van der Waals surface area contributed by atoms with Crippen molar-refractivity contribution in [3.05, 3.63) is 68.2 Å². The predicted molar refractivity (Wildman–Crippen MR) is 88.7 cm³/mol. The van der Waals surface area contributed by atoms with Crippen molar-refractivity contribution < 1.29 is 23.6 Å². The van der Waals surface area contributed by atoms with Crippen LogP contribution in [0.2, 0.25) is 5.02 Å². The first-order valence-corrected chi connectivity index (χ1v) is 8.21. The van der Waals surface area contributed by atoms with E-state index in [2.05, 4.69) is 4.72 Å². The van der Waals surface area contributed by atoms with Gasteiger partial charge in [0, 0.05) is 16.8 Å². The van der Waals surface area contributed by atoms with Gasteiger partial charge >= 0.3 is 15.1 Å². The van der Waals surface area contributed by atoms with E-state index in [9.17, 15) is 28.7 Å². The molecule has 0 amide bonds. The van der Waals surface area contributed by atoms with Gasteiger partial charge in [-0.1, -0.05) is 17.7 Å². The fourth-order valence-electron chi connectivity index (χ4n) is 1.73. The molecule has 0 aliphatic carbocycles. The fourth-order valence-corrected chi connectivity index (χ4v) is 2.89. The lowest BCUT2D eigenvalue weighted by Crippen LogP contribution is -2.20. The van der Waals surface area contributed by atoms with E-state index >= 15 is 0 Å². The van der Waals surface area contributed by atoms with Gasteiger partial charge in [0.1, 0.15) is 0 Å². The Kier molecular flexibility index (Phi) is 4.96. The van der Waals surface area contributed by atoms with Gasteiger partial charge in [0.25, 0.3) is 0 Å². The maximum atomic E-state index is 12.2. The lowest BCUT2D eigenvalue weighted by molar-refractivity contribution is -0.410. The first-order valence-electron chi connectivity index (χ1n) is 6.35. The van der Waals surface area contributed by atoms with E-state index in [1.54, 1.807) is 0 Å². The largest absolute Gasteiger partial charge is 0.504 e. The molecule has 0 unspecified atom stereocenters. The minimum Gasteiger partial charge on any atom is -0.504 e. The molecule has 8 nitrogen and oxygen atoms in total. The molecule has 0 bridgehead atoms. The lowest BCUT2D eigenvalue weighted by atomic mass is 10.2. The predicted octanol–water partition coefficient (Wildman–Crippen LogP) is 2.77. The van der Waals surface area contributed by atoms with Gasteiger partial charge < -0.3 is 10.2 Å². The number of nitro groups is 1. The monoisotopic (exact) mass is 370 g/mol. The first-order chi connectivity index (χ1) is 11.2. The number of phenols is 2. The lowest BCUT2D eigenvalue weighted by Gasteiger charge is -2.06. The molecule has 24 heavy (non-hydrogen) atoms. The van der Waals surface area contributed by atoms with Crippen molar-refractivity contribution in [3.63, 3.8) is 0 Å². The van der Waals surface area contributed by atoms with Gasteiger partial charge in [0.05, 0.1) is 4.92 Å². The quantitative estimate of drug-likeness (QED) is 0.421. The summed E-state index contributed by atoms with van der Waals surface area (Å²) in [5.41, 5.74) is 0.124. The highest BCUT2D eigenvalue weighted by atomic mass is 35.5. The standard InChI is InChI=1S/C14H11ClN2O6S/c15-10-2-4-11(5-3-10)16-24(22,23)14(17(20)21)8-9-1-6-12(18)13(19)7-9/h1-8,16,18-19H. The maximum absolute atomic E-state index is 12.2. The van der Waals surface area contributed by atoms with Crippen LogP contribution in [-0.4, -0.2) is 23.6 Å². The zero-order valence-corrected chi connectivity index (χ0v) is 13.5. The molecule has 0 aliphatic rings. The molecule has 0 heterocycles. The fraction of sp³-hybridized carbons (Fsp3) is 0. The summed E-state index contributed by atoms with van der Waals surface area (Å²) < 4.78 is 26.5. The van der Waals surface area contributed by atoms with Crippen molar-refractivity contribution in [2.45, 2.75) is 0 Å². The minimum absolute atomic E-state index is 0.0264. The van der Waals surface area contributed by atoms with Crippen LogP contribution >= 0.6 is 11.6 Å². The zero-order chi connectivity index (χ0) is 17.9. The molecule has 0 fully saturated rings. The molecule has 2 aromatic rings. The third kappa shape index (κ3) is 4.15. The number of halogens is 1. The van der Waals surface area contributed by atoms with Gasteiger partial charge in [-0.2, -0.15) is 8.42 Å². The highest BCUT2D eigenvalue weighted by Crippen LogP contribution is 2.27. The van der Waals surface area contributed by atoms with Gasteiger partial charge in [-0.15, -0.1) is 0 Å². The molecule has 126 valence electrons. The number of nitrogens with one attached hydrogen (secondary N) is 1. The van der Waals surface area contributed by atoms with Gasteiger partial charge in [0.2, 0.25) is 0 Å². The van der Waals surface area contributed by atoms with Crippen LogP contribution in [0.15, 0.2) is 47.5 Å². The SMILES string of the molecule is O=[N+]([O-])C(=Cc1ccc(O)c(O)c1)S(=O)(=O)Nc1ccc(Cl)cc1. The molecular formula is C14H11ClN2O6S. The Hall–Kier alpha value is -2.78. The number of benzene rings is 2. The molecule has 2 aromatic carbocycles. The first kappa shape index (κ1) is 17.6. The van der Waals surface area contributed by atoms with Crippen molar-refractivity contribution in [2.75, 3.05) is 4.72 Å². The second-order valence-electron chi connectivity index (χ2n) is 4.60. The maximum Gasteiger partial charge on any atom is 0.379 e. The highest BCUT2D eigenvalue weighted by Gasteiger charge is 2.29. The molecule has 0 aromatic heterocycles. The van der Waals surface area contributed by atoms with E-state index in [0.29, 0.717) is 5.02 Å². The Labute approximate surface area is 141 Å². The van der Waals surface area contributed by atoms with Crippen LogP contribution in [0.4, 0.5) is 5.69 Å². The summed E-state index contributed by atoms with van der Waals surface area (Å²) in [4.78, 5) is 10.1. The Bertz CT molecular complexity index is 909. The molecule has 0 saturated carbocycles. The van der Waals surface area contributed by atoms with Crippen LogP contribution in [0.25, 0.3) is 6.08 Å². The average molecular weight is 371 g/mol. The van der Waals surface area contributed by atoms with E-state index < -0.39 is 31.5 Å². The molecule has 2 rings (SSSR count). The molecule has 0 saturated heterocycles. The summed E-state index contributed by atoms with van der Waals surface area (Å²) in [5, 5.41) is 29.0. The number of hydrogen-bond donors (Lipinski definition) is 3. The van der Waals surface area contributed by atoms with Crippen LogP contribution in [0.1, 0.15) is 5.56 Å². The topological polar surface area (TPSA) is 130 Å². The van der Waals surface area contributed by atoms with E-state index in [4.69, 9.17) is 11.6 Å². The number of aromatic hydroxyl groups is 2. The van der Waals surface area contributed by atoms with E-state index in [0.717, 1.165) is 18.2 Å². The summed E-state index contributed by atoms with van der Waals surface area (Å²) in [6, 6.07) is 8.85. The van der Waals surface area contributed by atoms with Crippen molar-refractivity contribution in [2.24, 2.45) is 0 Å². The number of hydrogen-bond acceptors (Lipinski definition) is 6. The Morgan fingerprint density at radius 2 is 1.75 bits per heavy atom. The molecule has 0 radical (unpaired) electrons. The van der Waals surface area contributed by atoms with Crippen LogP contribution in [0, 0.1) is 10.1 Å². The van der Waals surface area contributed by atoms with Gasteiger partial charge in [-0.25, -0.2) is 0 Å². The van der Waals surface area contributed by atoms with Crippen LogP contribution in [-0.2, 0) is 10.0 Å². The van der Waals surface area contributed by atoms with Crippen LogP contribution < -0.4 is 4.72 Å². The van der Waals surface area contributed by atoms with Gasteiger partial charge in [0.15, 0.2) is 11.5 Å². The summed E-state index contributed by atoms with van der Waals surface area (Å²) in [5.74, 6) is -0.966. The summed E-state index contributed by atoms with van der Waals surface area (Å²) in [6.45, 7) is 0. The Morgan fingerprint density at radius 3 is 2.29 bits per heavy atom. The minimum atomic E-state index is -4.48. The van der Waals surface area contributed by atoms with Crippen molar-refractivity contribution in [3.8, 4) is 11.5 Å². The molecule has 0 aliphatic heterocycles. The molecule has 0 atom stereocenters. The molecule has 3 N–H and O–H groups in total. The number of rotatable bonds is 5. The second kappa shape index (κ2) is 6.77. The summed E-state index contributed by atoms with van der Waals surface area (Å²) in [7, 11) is -4.48. The molecule has 0 spiro atoms. The highest BCUT2D eigenvalue weighted by molar-refractivity contribution is 7.96. The van der Waals surface area contributed by atoms with Crippen molar-refractivity contribution in [1.82, 2.24) is 0 Å². The second-order valence-corrected chi connectivity index (χ2v) is 6.67. The number of phenolic OH excluding ortho intramolecular Hbond substituents is 2. The number of sulfonamides is 1. The molecule has 10 heteroatoms. The Morgan fingerprint density at radius 1 is 1.12 bits per heavy atom. The van der Waals surface area contributed by atoms with Gasteiger partial charge in [-0.3, -0.25) is 14.8 Å². The van der Waals surface area contributed by atoms with E-state index in [1.165, 1.54) is 30.3 Å². The van der Waals surface area contributed by atoms with Crippen molar-refractivity contribution >= 4 is 33.4 Å². The summed E-state index contributed by atoms with van der Waals surface area (Å²) >= 11 is 5.69. The van der Waals surface area contributed by atoms with E-state index in [-0.39, 0.29) is 11.3 Å². The normalized spacial score (nSPS) is 12.0. The van der Waals surface area contributed by atoms with Crippen molar-refractivity contribution in [1.29, 1.82) is 0 Å². The smallest absolute Gasteiger partial charge is 0.379 e. The third-order valence-corrected chi connectivity index (χ3v) is 4.42. The average Bonchev–Trinajstić information content (AvgIpc) is 2.50. The summed E-state index contributed by atoms with van der Waals surface area (Å²) in [6.07, 6.45) is 0.761. The third-order valence-electron chi connectivity index (χ3n) is 2.84. The van der Waals surface area contributed by atoms with Crippen LogP contribution in [0.3, 0.4) is 0 Å². The van der Waals surface area contributed by atoms with Gasteiger partial charge in [-0.05, 0) is 42.0 Å².